The summed E-state index contributed by atoms with van der Waals surface area (Å²) >= 11 is 9.18. The lowest BCUT2D eigenvalue weighted by atomic mass is 10.2. The van der Waals surface area contributed by atoms with Gasteiger partial charge in [0, 0.05) is 47.3 Å². The Bertz CT molecular complexity index is 1440. The van der Waals surface area contributed by atoms with Crippen molar-refractivity contribution in [3.8, 4) is 17.1 Å². The number of aromatic nitrogens is 6. The first kappa shape index (κ1) is 23.2. The van der Waals surface area contributed by atoms with E-state index in [1.807, 2.05) is 53.1 Å². The number of amides is 1. The molecule has 4 heterocycles. The van der Waals surface area contributed by atoms with Crippen molar-refractivity contribution >= 4 is 40.6 Å². The molecular formula is C24H18ClN7OS2. The lowest BCUT2D eigenvalue weighted by molar-refractivity contribution is 0.0946. The van der Waals surface area contributed by atoms with Crippen LogP contribution in [0, 0.1) is 0 Å². The van der Waals surface area contributed by atoms with Crippen LogP contribution in [-0.2, 0) is 12.3 Å². The third kappa shape index (κ3) is 5.56. The molecule has 0 fully saturated rings. The average molecular weight is 520 g/mol. The third-order valence-corrected chi connectivity index (χ3v) is 7.11. The molecule has 0 saturated carbocycles. The fraction of sp³-hybridized carbons (Fsp3) is 0.0833. The zero-order valence-electron chi connectivity index (χ0n) is 18.2. The second-order valence-corrected chi connectivity index (χ2v) is 9.64. The number of hydrogen-bond donors (Lipinski definition) is 1. The minimum Gasteiger partial charge on any atom is -0.347 e. The maximum atomic E-state index is 12.5. The summed E-state index contributed by atoms with van der Waals surface area (Å²) < 4.78 is 1.95. The number of carbonyl (C=O) groups excluding carboxylic acids is 1. The number of pyridine rings is 2. The van der Waals surface area contributed by atoms with E-state index in [4.69, 9.17) is 11.6 Å². The minimum atomic E-state index is -0.220. The predicted octanol–water partition coefficient (Wildman–Crippen LogP) is 5.06. The molecule has 35 heavy (non-hydrogen) atoms. The van der Waals surface area contributed by atoms with Gasteiger partial charge in [0.2, 0.25) is 0 Å². The number of nitrogens with zero attached hydrogens (tertiary/aromatic N) is 6. The summed E-state index contributed by atoms with van der Waals surface area (Å²) in [5, 5.41) is 15.6. The van der Waals surface area contributed by atoms with E-state index in [1.165, 1.54) is 23.1 Å². The Kier molecular flexibility index (Phi) is 7.12. The van der Waals surface area contributed by atoms with Gasteiger partial charge in [-0.3, -0.25) is 19.3 Å². The van der Waals surface area contributed by atoms with E-state index in [0.29, 0.717) is 34.0 Å². The van der Waals surface area contributed by atoms with Crippen molar-refractivity contribution in [2.75, 3.05) is 0 Å². The van der Waals surface area contributed by atoms with Crippen molar-refractivity contribution < 1.29 is 4.79 Å². The molecule has 0 aliphatic heterocycles. The molecule has 0 aliphatic carbocycles. The Hall–Kier alpha value is -3.60. The van der Waals surface area contributed by atoms with Crippen LogP contribution in [0.1, 0.15) is 21.1 Å². The summed E-state index contributed by atoms with van der Waals surface area (Å²) in [6, 6.07) is 15.1. The standard InChI is InChI=1S/C24H18ClN7OS2/c25-18-6-1-7-19(10-18)32-22(17-5-3-9-27-13-17)30-31-24(32)35-15-21-29-20(14-34-21)23(33)28-12-16-4-2-8-26-11-16/h1-11,13-14H,12,15H2,(H,28,33). The highest BCUT2D eigenvalue weighted by Gasteiger charge is 2.18. The van der Waals surface area contributed by atoms with Crippen LogP contribution in [-0.4, -0.2) is 35.6 Å². The van der Waals surface area contributed by atoms with Gasteiger partial charge < -0.3 is 5.32 Å². The predicted molar refractivity (Wildman–Crippen MR) is 137 cm³/mol. The number of hydrogen-bond acceptors (Lipinski definition) is 8. The number of thioether (sulfide) groups is 1. The van der Waals surface area contributed by atoms with Crippen molar-refractivity contribution in [3.63, 3.8) is 0 Å². The van der Waals surface area contributed by atoms with Crippen molar-refractivity contribution in [1.29, 1.82) is 0 Å². The largest absolute Gasteiger partial charge is 0.347 e. The van der Waals surface area contributed by atoms with Gasteiger partial charge in [-0.25, -0.2) is 4.98 Å². The summed E-state index contributed by atoms with van der Waals surface area (Å²) in [7, 11) is 0. The Labute approximate surface area is 214 Å². The van der Waals surface area contributed by atoms with Gasteiger partial charge >= 0.3 is 0 Å². The quantitative estimate of drug-likeness (QED) is 0.286. The summed E-state index contributed by atoms with van der Waals surface area (Å²) in [4.78, 5) is 25.3. The molecule has 0 atom stereocenters. The van der Waals surface area contributed by atoms with Gasteiger partial charge in [0.05, 0.1) is 11.4 Å². The van der Waals surface area contributed by atoms with Gasteiger partial charge in [-0.15, -0.1) is 21.5 Å². The van der Waals surface area contributed by atoms with Gasteiger partial charge in [-0.1, -0.05) is 35.5 Å². The van der Waals surface area contributed by atoms with E-state index in [1.54, 1.807) is 30.2 Å². The smallest absolute Gasteiger partial charge is 0.271 e. The second-order valence-electron chi connectivity index (χ2n) is 7.32. The minimum absolute atomic E-state index is 0.220. The van der Waals surface area contributed by atoms with Crippen LogP contribution in [0.25, 0.3) is 17.1 Å². The van der Waals surface area contributed by atoms with Crippen LogP contribution in [0.4, 0.5) is 0 Å². The molecule has 5 rings (SSSR count). The summed E-state index contributed by atoms with van der Waals surface area (Å²) in [5.74, 6) is 0.978. The maximum absolute atomic E-state index is 12.5. The SMILES string of the molecule is O=C(NCc1cccnc1)c1csc(CSc2nnc(-c3cccnc3)n2-c2cccc(Cl)c2)n1. The van der Waals surface area contributed by atoms with Gasteiger partial charge in [0.15, 0.2) is 11.0 Å². The summed E-state index contributed by atoms with van der Waals surface area (Å²) in [6.45, 7) is 0.397. The first-order valence-electron chi connectivity index (χ1n) is 10.5. The zero-order chi connectivity index (χ0) is 24.0. The fourth-order valence-corrected chi connectivity index (χ4v) is 5.21. The molecule has 0 radical (unpaired) electrons. The Morgan fingerprint density at radius 2 is 1.91 bits per heavy atom. The Morgan fingerprint density at radius 1 is 1.06 bits per heavy atom. The van der Waals surface area contributed by atoms with Crippen LogP contribution in [0.5, 0.6) is 0 Å². The number of thiazole rings is 1. The average Bonchev–Trinajstić information content (AvgIpc) is 3.55. The number of rotatable bonds is 8. The van der Waals surface area contributed by atoms with E-state index in [9.17, 15) is 4.79 Å². The first-order chi connectivity index (χ1) is 17.2. The van der Waals surface area contributed by atoms with Crippen molar-refractivity contribution in [2.24, 2.45) is 0 Å². The third-order valence-electron chi connectivity index (χ3n) is 4.90. The second kappa shape index (κ2) is 10.8. The normalized spacial score (nSPS) is 10.9. The molecule has 1 amide bonds. The molecular weight excluding hydrogens is 502 g/mol. The fourth-order valence-electron chi connectivity index (χ4n) is 3.28. The molecule has 1 aromatic carbocycles. The molecule has 5 aromatic rings. The molecule has 1 N–H and O–H groups in total. The van der Waals surface area contributed by atoms with Crippen molar-refractivity contribution in [3.05, 3.63) is 100.0 Å². The van der Waals surface area contributed by atoms with Crippen LogP contribution < -0.4 is 5.32 Å². The molecule has 0 aliphatic rings. The highest BCUT2D eigenvalue weighted by molar-refractivity contribution is 7.98. The molecule has 0 unspecified atom stereocenters. The molecule has 174 valence electrons. The summed E-state index contributed by atoms with van der Waals surface area (Å²) in [6.07, 6.45) is 6.88. The Balaban J connectivity index is 1.33. The topological polar surface area (TPSA) is 98.5 Å². The van der Waals surface area contributed by atoms with Gasteiger partial charge in [0.1, 0.15) is 10.7 Å². The van der Waals surface area contributed by atoms with Gasteiger partial charge in [-0.2, -0.15) is 0 Å². The Morgan fingerprint density at radius 3 is 2.69 bits per heavy atom. The summed E-state index contributed by atoms with van der Waals surface area (Å²) in [5.41, 5.74) is 3.01. The monoisotopic (exact) mass is 519 g/mol. The van der Waals surface area contributed by atoms with Gasteiger partial charge in [-0.05, 0) is 42.0 Å². The molecule has 0 bridgehead atoms. The lowest BCUT2D eigenvalue weighted by Crippen LogP contribution is -2.23. The molecule has 0 saturated heterocycles. The molecule has 0 spiro atoms. The first-order valence-corrected chi connectivity index (χ1v) is 12.8. The van der Waals surface area contributed by atoms with E-state index in [-0.39, 0.29) is 5.91 Å². The molecule has 11 heteroatoms. The number of benzene rings is 1. The van der Waals surface area contributed by atoms with E-state index in [0.717, 1.165) is 21.8 Å². The zero-order valence-corrected chi connectivity index (χ0v) is 20.6. The number of nitrogens with one attached hydrogen (secondary N) is 1. The number of carbonyl (C=O) groups is 1. The van der Waals surface area contributed by atoms with E-state index in [2.05, 4.69) is 30.5 Å². The number of halogens is 1. The van der Waals surface area contributed by atoms with Crippen LogP contribution in [0.3, 0.4) is 0 Å². The van der Waals surface area contributed by atoms with Crippen molar-refractivity contribution in [2.45, 2.75) is 17.5 Å². The highest BCUT2D eigenvalue weighted by atomic mass is 35.5. The molecule has 8 nitrogen and oxygen atoms in total. The maximum Gasteiger partial charge on any atom is 0.271 e. The lowest BCUT2D eigenvalue weighted by Gasteiger charge is -2.10. The van der Waals surface area contributed by atoms with E-state index >= 15 is 0 Å². The highest BCUT2D eigenvalue weighted by Crippen LogP contribution is 2.31. The molecule has 4 aromatic heterocycles. The van der Waals surface area contributed by atoms with Crippen LogP contribution in [0.15, 0.2) is 83.9 Å². The van der Waals surface area contributed by atoms with Crippen molar-refractivity contribution in [1.82, 2.24) is 35.0 Å². The van der Waals surface area contributed by atoms with Gasteiger partial charge in [0.25, 0.3) is 5.91 Å². The van der Waals surface area contributed by atoms with Crippen LogP contribution in [0.2, 0.25) is 5.02 Å². The van der Waals surface area contributed by atoms with E-state index < -0.39 is 0 Å². The van der Waals surface area contributed by atoms with Crippen LogP contribution >= 0.6 is 34.7 Å².